The Hall–Kier alpha value is -2.34. The van der Waals surface area contributed by atoms with Crippen molar-refractivity contribution in [1.29, 1.82) is 0 Å². The average molecular weight is 343 g/mol. The lowest BCUT2D eigenvalue weighted by Crippen LogP contribution is -2.48. The predicted octanol–water partition coefficient (Wildman–Crippen LogP) is 2.41. The fourth-order valence-corrected chi connectivity index (χ4v) is 3.40. The number of aliphatic hydroxyl groups excluding tert-OH is 1. The number of amides is 2. The maximum Gasteiger partial charge on any atom is 0.313 e. The number of aromatic nitrogens is 1. The van der Waals surface area contributed by atoms with E-state index in [4.69, 9.17) is 0 Å². The number of aryl methyl sites for hydroxylation is 1. The second-order valence-corrected chi connectivity index (χ2v) is 6.67. The van der Waals surface area contributed by atoms with Crippen molar-refractivity contribution in [2.24, 2.45) is 0 Å². The van der Waals surface area contributed by atoms with E-state index in [-0.39, 0.29) is 6.04 Å². The highest BCUT2D eigenvalue weighted by molar-refractivity contribution is 6.39. The first-order valence-corrected chi connectivity index (χ1v) is 8.97. The summed E-state index contributed by atoms with van der Waals surface area (Å²) in [6.07, 6.45) is 5.75. The number of carbonyl (C=O) groups is 2. The number of nitrogens with one attached hydrogen (secondary N) is 2. The summed E-state index contributed by atoms with van der Waals surface area (Å²) in [6, 6.07) is 7.30. The van der Waals surface area contributed by atoms with Gasteiger partial charge in [-0.25, -0.2) is 0 Å². The third-order valence-corrected chi connectivity index (χ3v) is 4.75. The van der Waals surface area contributed by atoms with Gasteiger partial charge in [-0.2, -0.15) is 0 Å². The summed E-state index contributed by atoms with van der Waals surface area (Å²) in [4.78, 5) is 24.3. The lowest BCUT2D eigenvalue weighted by Gasteiger charge is -2.27. The Morgan fingerprint density at radius 1 is 1.20 bits per heavy atom. The molecule has 2 atom stereocenters. The minimum atomic E-state index is -0.703. The molecule has 1 saturated carbocycles. The summed E-state index contributed by atoms with van der Waals surface area (Å²) in [5, 5.41) is 16.3. The SMILES string of the molecule is CCCn1ccc2ccc(NC(=O)C(=O)NC3CCCCC3O)cc21. The number of fused-ring (bicyclic) bond motifs is 1. The fraction of sp³-hybridized carbons (Fsp3) is 0.474. The van der Waals surface area contributed by atoms with Gasteiger partial charge < -0.3 is 20.3 Å². The zero-order chi connectivity index (χ0) is 17.8. The molecule has 1 aliphatic carbocycles. The van der Waals surface area contributed by atoms with Crippen LogP contribution in [0.1, 0.15) is 39.0 Å². The van der Waals surface area contributed by atoms with Crippen molar-refractivity contribution in [3.63, 3.8) is 0 Å². The standard InChI is InChI=1S/C19H25N3O3/c1-2-10-22-11-9-13-7-8-14(12-16(13)22)20-18(24)19(25)21-15-5-3-4-6-17(15)23/h7-9,11-12,15,17,23H,2-6,10H2,1H3,(H,20,24)(H,21,25). The van der Waals surface area contributed by atoms with E-state index in [0.29, 0.717) is 18.5 Å². The van der Waals surface area contributed by atoms with Crippen LogP contribution in [0.2, 0.25) is 0 Å². The molecule has 2 aromatic rings. The van der Waals surface area contributed by atoms with E-state index < -0.39 is 17.9 Å². The third-order valence-electron chi connectivity index (χ3n) is 4.75. The molecule has 134 valence electrons. The van der Waals surface area contributed by atoms with E-state index in [1.165, 1.54) is 0 Å². The summed E-state index contributed by atoms with van der Waals surface area (Å²) >= 11 is 0. The van der Waals surface area contributed by atoms with Gasteiger partial charge in [0.05, 0.1) is 17.7 Å². The van der Waals surface area contributed by atoms with Crippen LogP contribution in [0.5, 0.6) is 0 Å². The molecule has 0 saturated heterocycles. The molecule has 1 aromatic heterocycles. The molecule has 0 aliphatic heterocycles. The first-order valence-electron chi connectivity index (χ1n) is 8.97. The summed E-state index contributed by atoms with van der Waals surface area (Å²) in [7, 11) is 0. The maximum atomic E-state index is 12.2. The molecule has 0 spiro atoms. The minimum Gasteiger partial charge on any atom is -0.391 e. The van der Waals surface area contributed by atoms with Gasteiger partial charge in [0.1, 0.15) is 0 Å². The second kappa shape index (κ2) is 7.70. The lowest BCUT2D eigenvalue weighted by atomic mass is 9.92. The highest BCUT2D eigenvalue weighted by Crippen LogP contribution is 2.21. The van der Waals surface area contributed by atoms with Crippen LogP contribution in [0.4, 0.5) is 5.69 Å². The molecule has 3 rings (SSSR count). The average Bonchev–Trinajstić information content (AvgIpc) is 2.99. The summed E-state index contributed by atoms with van der Waals surface area (Å²) in [5.74, 6) is -1.40. The van der Waals surface area contributed by atoms with Crippen molar-refractivity contribution in [2.45, 2.75) is 57.7 Å². The highest BCUT2D eigenvalue weighted by Gasteiger charge is 2.26. The monoisotopic (exact) mass is 343 g/mol. The van der Waals surface area contributed by atoms with Gasteiger partial charge in [-0.3, -0.25) is 9.59 Å². The van der Waals surface area contributed by atoms with E-state index in [1.807, 2.05) is 24.4 Å². The molecule has 2 unspecified atom stereocenters. The minimum absolute atomic E-state index is 0.337. The van der Waals surface area contributed by atoms with E-state index in [0.717, 1.165) is 36.7 Å². The van der Waals surface area contributed by atoms with Crippen molar-refractivity contribution in [3.05, 3.63) is 30.5 Å². The van der Waals surface area contributed by atoms with Crippen LogP contribution in [-0.4, -0.2) is 33.6 Å². The van der Waals surface area contributed by atoms with Crippen LogP contribution >= 0.6 is 0 Å². The van der Waals surface area contributed by atoms with Crippen LogP contribution < -0.4 is 10.6 Å². The molecule has 3 N–H and O–H groups in total. The third kappa shape index (κ3) is 4.02. The van der Waals surface area contributed by atoms with Crippen LogP contribution in [0, 0.1) is 0 Å². The second-order valence-electron chi connectivity index (χ2n) is 6.67. The number of rotatable bonds is 4. The zero-order valence-electron chi connectivity index (χ0n) is 14.5. The molecule has 1 fully saturated rings. The van der Waals surface area contributed by atoms with Gasteiger partial charge >= 0.3 is 11.8 Å². The van der Waals surface area contributed by atoms with E-state index in [1.54, 1.807) is 6.07 Å². The van der Waals surface area contributed by atoms with Gasteiger partial charge in [-0.05, 0) is 42.8 Å². The van der Waals surface area contributed by atoms with Crippen molar-refractivity contribution in [3.8, 4) is 0 Å². The van der Waals surface area contributed by atoms with Crippen LogP contribution in [0.3, 0.4) is 0 Å². The number of anilines is 1. The van der Waals surface area contributed by atoms with Gasteiger partial charge in [0.25, 0.3) is 0 Å². The zero-order valence-corrected chi connectivity index (χ0v) is 14.5. The Morgan fingerprint density at radius 3 is 2.76 bits per heavy atom. The van der Waals surface area contributed by atoms with Crippen LogP contribution in [-0.2, 0) is 16.1 Å². The number of hydrogen-bond acceptors (Lipinski definition) is 3. The smallest absolute Gasteiger partial charge is 0.313 e. The van der Waals surface area contributed by atoms with Gasteiger partial charge in [0.2, 0.25) is 0 Å². The maximum absolute atomic E-state index is 12.2. The number of aliphatic hydroxyl groups is 1. The molecule has 1 heterocycles. The Balaban J connectivity index is 1.66. The topological polar surface area (TPSA) is 83.4 Å². The Kier molecular flexibility index (Phi) is 5.38. The van der Waals surface area contributed by atoms with Gasteiger partial charge in [0.15, 0.2) is 0 Å². The van der Waals surface area contributed by atoms with Crippen molar-refractivity contribution >= 4 is 28.4 Å². The first-order chi connectivity index (χ1) is 12.1. The summed E-state index contributed by atoms with van der Waals surface area (Å²) in [6.45, 7) is 3.02. The Bertz CT molecular complexity index is 768. The lowest BCUT2D eigenvalue weighted by molar-refractivity contribution is -0.137. The Labute approximate surface area is 147 Å². The largest absolute Gasteiger partial charge is 0.391 e. The molecule has 0 bridgehead atoms. The van der Waals surface area contributed by atoms with Crippen LogP contribution in [0.25, 0.3) is 10.9 Å². The number of nitrogens with zero attached hydrogens (tertiary/aromatic N) is 1. The van der Waals surface area contributed by atoms with Gasteiger partial charge in [-0.1, -0.05) is 25.8 Å². The van der Waals surface area contributed by atoms with E-state index in [9.17, 15) is 14.7 Å². The van der Waals surface area contributed by atoms with E-state index >= 15 is 0 Å². The van der Waals surface area contributed by atoms with Gasteiger partial charge in [0, 0.05) is 18.4 Å². The van der Waals surface area contributed by atoms with E-state index in [2.05, 4.69) is 22.1 Å². The molecule has 1 aromatic carbocycles. The molecular weight excluding hydrogens is 318 g/mol. The quantitative estimate of drug-likeness (QED) is 0.746. The highest BCUT2D eigenvalue weighted by atomic mass is 16.3. The summed E-state index contributed by atoms with van der Waals surface area (Å²) in [5.41, 5.74) is 1.62. The Morgan fingerprint density at radius 2 is 2.00 bits per heavy atom. The fourth-order valence-electron chi connectivity index (χ4n) is 3.40. The van der Waals surface area contributed by atoms with Crippen LogP contribution in [0.15, 0.2) is 30.5 Å². The van der Waals surface area contributed by atoms with Gasteiger partial charge in [-0.15, -0.1) is 0 Å². The number of hydrogen-bond donors (Lipinski definition) is 3. The predicted molar refractivity (Wildman–Crippen MR) is 97.3 cm³/mol. The number of benzene rings is 1. The summed E-state index contributed by atoms with van der Waals surface area (Å²) < 4.78 is 2.13. The molecule has 6 heteroatoms. The van der Waals surface area contributed by atoms with Crippen molar-refractivity contribution < 1.29 is 14.7 Å². The molecule has 0 radical (unpaired) electrons. The number of carbonyl (C=O) groups excluding carboxylic acids is 2. The first kappa shape index (κ1) is 17.5. The molecule has 6 nitrogen and oxygen atoms in total. The molecular formula is C19H25N3O3. The normalized spacial score (nSPS) is 20.4. The molecule has 1 aliphatic rings. The van der Waals surface area contributed by atoms with Crippen molar-refractivity contribution in [2.75, 3.05) is 5.32 Å². The van der Waals surface area contributed by atoms with Crippen molar-refractivity contribution in [1.82, 2.24) is 9.88 Å². The molecule has 25 heavy (non-hydrogen) atoms. The molecule has 2 amide bonds.